The highest BCUT2D eigenvalue weighted by Crippen LogP contribution is 2.48. The summed E-state index contributed by atoms with van der Waals surface area (Å²) in [4.78, 5) is 18.2. The molecular formula is C28H27N5O2. The second-order valence-corrected chi connectivity index (χ2v) is 9.59. The Hall–Kier alpha value is -4.00. The molecule has 6 rings (SSSR count). The topological polar surface area (TPSA) is 89.2 Å². The Kier molecular flexibility index (Phi) is 4.61. The SMILES string of the molecule is COc1cc2c(cc1-c1c(C)noc1C)[nH]c1nc(C)nc(C3C=C(C)N=C4C=CC=CC43C)c12. The van der Waals surface area contributed by atoms with Crippen LogP contribution in [0.1, 0.15) is 42.7 Å². The molecule has 1 N–H and O–H groups in total. The zero-order valence-corrected chi connectivity index (χ0v) is 20.7. The summed E-state index contributed by atoms with van der Waals surface area (Å²) in [6, 6.07) is 4.17. The number of aryl methyl sites for hydroxylation is 3. The van der Waals surface area contributed by atoms with Gasteiger partial charge in [0.25, 0.3) is 0 Å². The van der Waals surface area contributed by atoms with Gasteiger partial charge in [0.15, 0.2) is 0 Å². The zero-order valence-electron chi connectivity index (χ0n) is 20.7. The van der Waals surface area contributed by atoms with Gasteiger partial charge < -0.3 is 14.2 Å². The number of hydrogen-bond acceptors (Lipinski definition) is 6. The van der Waals surface area contributed by atoms with E-state index in [2.05, 4.69) is 53.5 Å². The molecule has 4 heterocycles. The average Bonchev–Trinajstić information content (AvgIpc) is 3.35. The van der Waals surface area contributed by atoms with Crippen molar-refractivity contribution in [2.45, 2.75) is 40.5 Å². The molecule has 0 fully saturated rings. The number of aliphatic imine (C=N–C) groups is 1. The van der Waals surface area contributed by atoms with Gasteiger partial charge in [-0.25, -0.2) is 9.97 Å². The van der Waals surface area contributed by atoms with Gasteiger partial charge >= 0.3 is 0 Å². The van der Waals surface area contributed by atoms with Crippen LogP contribution in [0.3, 0.4) is 0 Å². The Balaban J connectivity index is 1.65. The van der Waals surface area contributed by atoms with E-state index in [0.717, 1.165) is 73.2 Å². The molecule has 0 bridgehead atoms. The third-order valence-corrected chi connectivity index (χ3v) is 7.22. The standard InChI is InChI=1S/C28H27N5O2/c1-14-11-20(28(5)10-8-7-9-23(28)29-14)26-25-18-13-22(34-6)19(24-15(2)33-35-16(24)3)12-21(18)32-27(25)31-17(4)30-26/h7-13,20H,1-6H3,(H,30,31,32). The lowest BCUT2D eigenvalue weighted by Crippen LogP contribution is -2.35. The summed E-state index contributed by atoms with van der Waals surface area (Å²) in [5, 5.41) is 6.17. The van der Waals surface area contributed by atoms with Gasteiger partial charge in [0, 0.05) is 38.9 Å². The number of nitrogens with zero attached hydrogens (tertiary/aromatic N) is 4. The molecule has 0 spiro atoms. The molecule has 7 heteroatoms. The van der Waals surface area contributed by atoms with Crippen LogP contribution in [-0.2, 0) is 0 Å². The van der Waals surface area contributed by atoms with Gasteiger partial charge in [0.05, 0.1) is 29.8 Å². The van der Waals surface area contributed by atoms with E-state index in [9.17, 15) is 0 Å². The van der Waals surface area contributed by atoms with Crippen molar-refractivity contribution in [3.05, 3.63) is 71.2 Å². The molecule has 3 aromatic heterocycles. The molecule has 1 aliphatic carbocycles. The number of nitrogens with one attached hydrogen (secondary N) is 1. The number of allylic oxidation sites excluding steroid dienone is 6. The summed E-state index contributed by atoms with van der Waals surface area (Å²) in [7, 11) is 1.69. The Labute approximate surface area is 203 Å². The molecule has 7 nitrogen and oxygen atoms in total. The smallest absolute Gasteiger partial charge is 0.142 e. The highest BCUT2D eigenvalue weighted by atomic mass is 16.5. The molecule has 176 valence electrons. The average molecular weight is 466 g/mol. The highest BCUT2D eigenvalue weighted by molar-refractivity contribution is 6.11. The Morgan fingerprint density at radius 2 is 1.91 bits per heavy atom. The van der Waals surface area contributed by atoms with Crippen molar-refractivity contribution in [2.24, 2.45) is 10.4 Å². The van der Waals surface area contributed by atoms with Gasteiger partial charge in [-0.05, 0) is 52.8 Å². The molecule has 35 heavy (non-hydrogen) atoms. The summed E-state index contributed by atoms with van der Waals surface area (Å²) >= 11 is 0. The fourth-order valence-corrected chi connectivity index (χ4v) is 5.52. The van der Waals surface area contributed by atoms with E-state index >= 15 is 0 Å². The summed E-state index contributed by atoms with van der Waals surface area (Å²) in [5.41, 5.74) is 7.21. The monoisotopic (exact) mass is 465 g/mol. The molecule has 4 aromatic rings. The summed E-state index contributed by atoms with van der Waals surface area (Å²) in [6.07, 6.45) is 10.7. The number of H-pyrrole nitrogens is 1. The van der Waals surface area contributed by atoms with E-state index < -0.39 is 0 Å². The minimum absolute atomic E-state index is 0.00707. The molecular weight excluding hydrogens is 438 g/mol. The number of aromatic nitrogens is 4. The lowest BCUT2D eigenvalue weighted by molar-refractivity contribution is 0.393. The minimum atomic E-state index is -0.299. The van der Waals surface area contributed by atoms with Crippen molar-refractivity contribution in [1.82, 2.24) is 20.1 Å². The van der Waals surface area contributed by atoms with Crippen molar-refractivity contribution in [2.75, 3.05) is 7.11 Å². The Morgan fingerprint density at radius 1 is 1.09 bits per heavy atom. The van der Waals surface area contributed by atoms with Crippen molar-refractivity contribution < 1.29 is 9.26 Å². The van der Waals surface area contributed by atoms with Gasteiger partial charge in [-0.3, -0.25) is 4.99 Å². The second-order valence-electron chi connectivity index (χ2n) is 9.59. The van der Waals surface area contributed by atoms with Crippen LogP contribution in [0.2, 0.25) is 0 Å². The third-order valence-electron chi connectivity index (χ3n) is 7.22. The van der Waals surface area contributed by atoms with Gasteiger partial charge in [-0.15, -0.1) is 0 Å². The van der Waals surface area contributed by atoms with Crippen molar-refractivity contribution >= 4 is 27.6 Å². The Morgan fingerprint density at radius 3 is 2.66 bits per heavy atom. The number of rotatable bonds is 3. The minimum Gasteiger partial charge on any atom is -0.496 e. The van der Waals surface area contributed by atoms with Crippen LogP contribution in [0.5, 0.6) is 5.75 Å². The molecule has 0 saturated carbocycles. The largest absolute Gasteiger partial charge is 0.496 e. The zero-order chi connectivity index (χ0) is 24.5. The van der Waals surface area contributed by atoms with Crippen molar-refractivity contribution in [3.63, 3.8) is 0 Å². The van der Waals surface area contributed by atoms with Crippen LogP contribution in [0.25, 0.3) is 33.1 Å². The first-order valence-electron chi connectivity index (χ1n) is 11.7. The normalized spacial score (nSPS) is 21.4. The van der Waals surface area contributed by atoms with Gasteiger partial charge in [0.1, 0.15) is 23.0 Å². The first-order valence-corrected chi connectivity index (χ1v) is 11.7. The maximum atomic E-state index is 5.86. The van der Waals surface area contributed by atoms with Crippen molar-refractivity contribution in [1.29, 1.82) is 0 Å². The summed E-state index contributed by atoms with van der Waals surface area (Å²) in [6.45, 7) is 10.1. The van der Waals surface area contributed by atoms with Gasteiger partial charge in [0.2, 0.25) is 0 Å². The molecule has 1 aromatic carbocycles. The number of methoxy groups -OCH3 is 1. The molecule has 2 atom stereocenters. The van der Waals surface area contributed by atoms with Gasteiger partial charge in [-0.2, -0.15) is 0 Å². The van der Waals surface area contributed by atoms with E-state index in [1.54, 1.807) is 7.11 Å². The maximum Gasteiger partial charge on any atom is 0.142 e. The molecule has 1 aliphatic heterocycles. The van der Waals surface area contributed by atoms with Crippen LogP contribution in [0.4, 0.5) is 0 Å². The first kappa shape index (κ1) is 21.5. The lowest BCUT2D eigenvalue weighted by atomic mass is 9.67. The maximum absolute atomic E-state index is 5.86. The number of aromatic amines is 1. The fraction of sp³-hybridized carbons (Fsp3) is 0.286. The Bertz CT molecular complexity index is 1630. The van der Waals surface area contributed by atoms with Gasteiger partial charge in [-0.1, -0.05) is 29.5 Å². The molecule has 0 amide bonds. The number of benzene rings is 1. The second kappa shape index (κ2) is 7.50. The molecule has 2 aliphatic rings. The fourth-order valence-electron chi connectivity index (χ4n) is 5.52. The number of fused-ring (bicyclic) bond motifs is 4. The van der Waals surface area contributed by atoms with E-state index in [1.165, 1.54) is 0 Å². The molecule has 2 unspecified atom stereocenters. The third kappa shape index (κ3) is 3.11. The van der Waals surface area contributed by atoms with Crippen LogP contribution in [-0.4, -0.2) is 32.9 Å². The number of hydrogen-bond donors (Lipinski definition) is 1. The quantitative estimate of drug-likeness (QED) is 0.385. The van der Waals surface area contributed by atoms with E-state index in [4.69, 9.17) is 24.2 Å². The highest BCUT2D eigenvalue weighted by Gasteiger charge is 2.41. The predicted molar refractivity (Wildman–Crippen MR) is 138 cm³/mol. The van der Waals surface area contributed by atoms with E-state index in [1.807, 2.05) is 33.8 Å². The molecule has 0 radical (unpaired) electrons. The summed E-state index contributed by atoms with van der Waals surface area (Å²) in [5.74, 6) is 2.24. The van der Waals surface area contributed by atoms with Crippen LogP contribution in [0.15, 0.2) is 57.7 Å². The summed E-state index contributed by atoms with van der Waals surface area (Å²) < 4.78 is 11.3. The van der Waals surface area contributed by atoms with E-state index in [0.29, 0.717) is 0 Å². The lowest BCUT2D eigenvalue weighted by Gasteiger charge is -2.38. The number of ether oxygens (including phenoxy) is 1. The van der Waals surface area contributed by atoms with Crippen LogP contribution in [0, 0.1) is 26.2 Å². The first-order chi connectivity index (χ1) is 16.8. The van der Waals surface area contributed by atoms with Crippen molar-refractivity contribution in [3.8, 4) is 16.9 Å². The van der Waals surface area contributed by atoms with E-state index in [-0.39, 0.29) is 11.3 Å². The van der Waals surface area contributed by atoms with Crippen LogP contribution < -0.4 is 4.74 Å². The molecule has 0 saturated heterocycles. The predicted octanol–water partition coefficient (Wildman–Crippen LogP) is 6.27. The van der Waals surface area contributed by atoms with Crippen LogP contribution >= 0.6 is 0 Å².